The van der Waals surface area contributed by atoms with Crippen molar-refractivity contribution < 1.29 is 23.8 Å². The number of methoxy groups -OCH3 is 1. The smallest absolute Gasteiger partial charge is 0.319 e. The lowest BCUT2D eigenvalue weighted by molar-refractivity contribution is -0.162. The molecule has 0 amide bonds. The zero-order valence-electron chi connectivity index (χ0n) is 10.8. The summed E-state index contributed by atoms with van der Waals surface area (Å²) >= 11 is 0. The molecule has 1 saturated heterocycles. The van der Waals surface area contributed by atoms with Crippen molar-refractivity contribution in [3.8, 4) is 0 Å². The fourth-order valence-electron chi connectivity index (χ4n) is 2.81. The van der Waals surface area contributed by atoms with Gasteiger partial charge in [0.25, 0.3) is 0 Å². The molecular weight excluding hydrogens is 236 g/mol. The van der Waals surface area contributed by atoms with Crippen LogP contribution in [0.15, 0.2) is 0 Å². The Kier molecular flexibility index (Phi) is 4.35. The topological polar surface area (TPSA) is 61.8 Å². The molecule has 2 rings (SSSR count). The summed E-state index contributed by atoms with van der Waals surface area (Å²) in [6.45, 7) is 1.17. The fourth-order valence-corrected chi connectivity index (χ4v) is 2.81. The summed E-state index contributed by atoms with van der Waals surface area (Å²) in [4.78, 5) is 24.1. The summed E-state index contributed by atoms with van der Waals surface area (Å²) in [6.07, 6.45) is 3.58. The SMILES string of the molecule is COC(=O)C1(CCC2OCCO2)CCCCC1=O. The van der Waals surface area contributed by atoms with Crippen molar-refractivity contribution >= 4 is 11.8 Å². The number of ketones is 1. The van der Waals surface area contributed by atoms with Gasteiger partial charge in [-0.2, -0.15) is 0 Å². The normalized spacial score (nSPS) is 29.5. The maximum Gasteiger partial charge on any atom is 0.319 e. The van der Waals surface area contributed by atoms with Gasteiger partial charge in [0, 0.05) is 6.42 Å². The van der Waals surface area contributed by atoms with E-state index in [0.29, 0.717) is 38.9 Å². The van der Waals surface area contributed by atoms with Gasteiger partial charge in [-0.25, -0.2) is 0 Å². The number of hydrogen-bond donors (Lipinski definition) is 0. The minimum absolute atomic E-state index is 0.0126. The van der Waals surface area contributed by atoms with E-state index >= 15 is 0 Å². The van der Waals surface area contributed by atoms with E-state index in [4.69, 9.17) is 14.2 Å². The third kappa shape index (κ3) is 2.57. The largest absolute Gasteiger partial charge is 0.468 e. The molecule has 1 atom stereocenters. The molecule has 2 aliphatic rings. The van der Waals surface area contributed by atoms with Crippen molar-refractivity contribution in [2.24, 2.45) is 5.41 Å². The van der Waals surface area contributed by atoms with Crippen LogP contribution in [0.4, 0.5) is 0 Å². The average molecular weight is 256 g/mol. The first-order chi connectivity index (χ1) is 8.69. The van der Waals surface area contributed by atoms with Gasteiger partial charge in [0.1, 0.15) is 11.2 Å². The molecule has 1 unspecified atom stereocenters. The number of rotatable bonds is 4. The molecule has 0 spiro atoms. The highest BCUT2D eigenvalue weighted by atomic mass is 16.7. The van der Waals surface area contributed by atoms with Crippen LogP contribution in [-0.4, -0.2) is 38.4 Å². The molecule has 0 aromatic heterocycles. The van der Waals surface area contributed by atoms with Crippen LogP contribution in [0, 0.1) is 5.41 Å². The van der Waals surface area contributed by atoms with Crippen LogP contribution in [0.2, 0.25) is 0 Å². The number of hydrogen-bond acceptors (Lipinski definition) is 5. The molecule has 2 fully saturated rings. The Labute approximate surface area is 107 Å². The third-order valence-corrected chi connectivity index (χ3v) is 3.86. The maximum atomic E-state index is 12.1. The van der Waals surface area contributed by atoms with Crippen LogP contribution in [-0.2, 0) is 23.8 Å². The lowest BCUT2D eigenvalue weighted by atomic mass is 9.70. The van der Waals surface area contributed by atoms with E-state index < -0.39 is 11.4 Å². The molecule has 1 aliphatic carbocycles. The zero-order chi connectivity index (χ0) is 13.0. The van der Waals surface area contributed by atoms with Crippen molar-refractivity contribution in [2.45, 2.75) is 44.8 Å². The highest BCUT2D eigenvalue weighted by molar-refractivity contribution is 6.04. The van der Waals surface area contributed by atoms with Gasteiger partial charge >= 0.3 is 5.97 Å². The molecular formula is C13H20O5. The highest BCUT2D eigenvalue weighted by Gasteiger charge is 2.47. The molecule has 1 saturated carbocycles. The molecule has 0 N–H and O–H groups in total. The van der Waals surface area contributed by atoms with Crippen LogP contribution in [0.3, 0.4) is 0 Å². The Morgan fingerprint density at radius 2 is 2.11 bits per heavy atom. The number of carbonyl (C=O) groups excluding carboxylic acids is 2. The molecule has 1 aliphatic heterocycles. The minimum atomic E-state index is -0.956. The molecule has 5 nitrogen and oxygen atoms in total. The minimum Gasteiger partial charge on any atom is -0.468 e. The van der Waals surface area contributed by atoms with Crippen molar-refractivity contribution in [2.75, 3.05) is 20.3 Å². The number of esters is 1. The summed E-state index contributed by atoms with van der Waals surface area (Å²) in [6, 6.07) is 0. The van der Waals surface area contributed by atoms with Gasteiger partial charge in [-0.3, -0.25) is 9.59 Å². The second-order valence-corrected chi connectivity index (χ2v) is 4.91. The van der Waals surface area contributed by atoms with Crippen molar-refractivity contribution in [1.82, 2.24) is 0 Å². The van der Waals surface area contributed by atoms with Crippen LogP contribution in [0.5, 0.6) is 0 Å². The van der Waals surface area contributed by atoms with Crippen molar-refractivity contribution in [3.63, 3.8) is 0 Å². The molecule has 1 heterocycles. The van der Waals surface area contributed by atoms with Gasteiger partial charge < -0.3 is 14.2 Å². The van der Waals surface area contributed by atoms with Gasteiger partial charge in [-0.15, -0.1) is 0 Å². The zero-order valence-corrected chi connectivity index (χ0v) is 10.8. The lowest BCUT2D eigenvalue weighted by Gasteiger charge is -2.33. The Balaban J connectivity index is 2.03. The Morgan fingerprint density at radius 1 is 1.39 bits per heavy atom. The maximum absolute atomic E-state index is 12.1. The Morgan fingerprint density at radius 3 is 2.72 bits per heavy atom. The van der Waals surface area contributed by atoms with Gasteiger partial charge in [0.05, 0.1) is 20.3 Å². The Hall–Kier alpha value is -0.940. The quantitative estimate of drug-likeness (QED) is 0.562. The predicted octanol–water partition coefficient (Wildman–Crippen LogP) is 1.44. The monoisotopic (exact) mass is 256 g/mol. The van der Waals surface area contributed by atoms with Gasteiger partial charge in [0.15, 0.2) is 6.29 Å². The first-order valence-electron chi connectivity index (χ1n) is 6.54. The summed E-state index contributed by atoms with van der Waals surface area (Å²) in [7, 11) is 1.34. The average Bonchev–Trinajstić information content (AvgIpc) is 2.90. The van der Waals surface area contributed by atoms with Crippen LogP contribution in [0.1, 0.15) is 38.5 Å². The van der Waals surface area contributed by atoms with Gasteiger partial charge in [0.2, 0.25) is 0 Å². The third-order valence-electron chi connectivity index (χ3n) is 3.86. The van der Waals surface area contributed by atoms with Crippen molar-refractivity contribution in [1.29, 1.82) is 0 Å². The first-order valence-corrected chi connectivity index (χ1v) is 6.54. The second-order valence-electron chi connectivity index (χ2n) is 4.91. The van der Waals surface area contributed by atoms with E-state index in [9.17, 15) is 9.59 Å². The van der Waals surface area contributed by atoms with E-state index in [1.165, 1.54) is 7.11 Å². The summed E-state index contributed by atoms with van der Waals surface area (Å²) in [5.41, 5.74) is -0.956. The van der Waals surface area contributed by atoms with Crippen molar-refractivity contribution in [3.05, 3.63) is 0 Å². The van der Waals surface area contributed by atoms with Gasteiger partial charge in [-0.05, 0) is 25.7 Å². The highest BCUT2D eigenvalue weighted by Crippen LogP contribution is 2.39. The summed E-state index contributed by atoms with van der Waals surface area (Å²) in [5.74, 6) is -0.385. The van der Waals surface area contributed by atoms with E-state index in [2.05, 4.69) is 0 Å². The molecule has 0 aromatic rings. The summed E-state index contributed by atoms with van der Waals surface area (Å²) in [5, 5.41) is 0. The fraction of sp³-hybridized carbons (Fsp3) is 0.846. The van der Waals surface area contributed by atoms with Gasteiger partial charge in [-0.1, -0.05) is 6.42 Å². The Bertz CT molecular complexity index is 311. The predicted molar refractivity (Wildman–Crippen MR) is 62.9 cm³/mol. The van der Waals surface area contributed by atoms with E-state index in [0.717, 1.165) is 12.8 Å². The molecule has 0 radical (unpaired) electrons. The molecule has 0 aromatic carbocycles. The van der Waals surface area contributed by atoms with E-state index in [1.54, 1.807) is 0 Å². The number of Topliss-reactive ketones (excluding diaryl/α,β-unsaturated/α-hetero) is 1. The summed E-state index contributed by atoms with van der Waals surface area (Å²) < 4.78 is 15.5. The molecule has 0 bridgehead atoms. The van der Waals surface area contributed by atoms with Crippen LogP contribution >= 0.6 is 0 Å². The van der Waals surface area contributed by atoms with E-state index in [1.807, 2.05) is 0 Å². The molecule has 5 heteroatoms. The lowest BCUT2D eigenvalue weighted by Crippen LogP contribution is -2.43. The molecule has 18 heavy (non-hydrogen) atoms. The number of ether oxygens (including phenoxy) is 3. The van der Waals surface area contributed by atoms with Crippen LogP contribution in [0.25, 0.3) is 0 Å². The van der Waals surface area contributed by atoms with Crippen LogP contribution < -0.4 is 0 Å². The standard InChI is InChI=1S/C13H20O5/c1-16-12(15)13(6-3-2-4-10(13)14)7-5-11-17-8-9-18-11/h11H,2-9H2,1H3. The first kappa shape index (κ1) is 13.5. The molecule has 102 valence electrons. The van der Waals surface area contributed by atoms with E-state index in [-0.39, 0.29) is 12.1 Å². The second kappa shape index (κ2) is 5.80. The number of carbonyl (C=O) groups is 2.